The second-order valence-electron chi connectivity index (χ2n) is 4.74. The van der Waals surface area contributed by atoms with Gasteiger partial charge in [0.1, 0.15) is 0 Å². The molecule has 0 saturated heterocycles. The molecular formula is C15H25NOS. The minimum Gasteiger partial charge on any atom is -0.395 e. The fourth-order valence-corrected chi connectivity index (χ4v) is 2.64. The quantitative estimate of drug-likeness (QED) is 0.759. The van der Waals surface area contributed by atoms with Crippen LogP contribution < -0.4 is 5.32 Å². The predicted molar refractivity (Wildman–Crippen MR) is 81.2 cm³/mol. The fourth-order valence-electron chi connectivity index (χ4n) is 1.70. The summed E-state index contributed by atoms with van der Waals surface area (Å²) < 4.78 is 0. The molecule has 0 bridgehead atoms. The molecule has 18 heavy (non-hydrogen) atoms. The Bertz CT molecular complexity index is 326. The highest BCUT2D eigenvalue weighted by molar-refractivity contribution is 7.99. The Morgan fingerprint density at radius 2 is 1.94 bits per heavy atom. The zero-order valence-electron chi connectivity index (χ0n) is 11.6. The van der Waals surface area contributed by atoms with E-state index in [-0.39, 0.29) is 6.61 Å². The van der Waals surface area contributed by atoms with Crippen LogP contribution in [0.5, 0.6) is 0 Å². The van der Waals surface area contributed by atoms with E-state index in [1.54, 1.807) is 0 Å². The lowest BCUT2D eigenvalue weighted by molar-refractivity contribution is 0.300. The molecule has 0 spiro atoms. The third kappa shape index (κ3) is 5.42. The number of rotatable bonds is 8. The number of benzene rings is 1. The smallest absolute Gasteiger partial charge is 0.0547 e. The molecule has 0 heterocycles. The van der Waals surface area contributed by atoms with Crippen molar-refractivity contribution in [1.82, 2.24) is 5.32 Å². The summed E-state index contributed by atoms with van der Waals surface area (Å²) in [6.07, 6.45) is 1.14. The molecule has 2 nitrogen and oxygen atoms in total. The standard InChI is InChI=1S/C15H25NOS/c1-4-9-16-15(11-18-13(3)10-17)14-7-5-12(2)6-8-14/h5-8,13,15-17H,4,9-11H2,1-3H3. The van der Waals surface area contributed by atoms with Gasteiger partial charge in [-0.3, -0.25) is 0 Å². The predicted octanol–water partition coefficient (Wildman–Crippen LogP) is 3.15. The van der Waals surface area contributed by atoms with Crippen molar-refractivity contribution in [3.63, 3.8) is 0 Å². The molecule has 1 rings (SSSR count). The number of aliphatic hydroxyl groups is 1. The van der Waals surface area contributed by atoms with Gasteiger partial charge in [0, 0.05) is 17.0 Å². The summed E-state index contributed by atoms with van der Waals surface area (Å²) in [6, 6.07) is 9.11. The lowest BCUT2D eigenvalue weighted by Gasteiger charge is -2.20. The van der Waals surface area contributed by atoms with E-state index in [9.17, 15) is 0 Å². The zero-order valence-corrected chi connectivity index (χ0v) is 12.5. The molecule has 0 fully saturated rings. The fraction of sp³-hybridized carbons (Fsp3) is 0.600. The molecule has 0 aliphatic heterocycles. The SMILES string of the molecule is CCCNC(CSC(C)CO)c1ccc(C)cc1. The molecule has 0 aliphatic carbocycles. The van der Waals surface area contributed by atoms with Crippen LogP contribution in [0, 0.1) is 6.92 Å². The Hall–Kier alpha value is -0.510. The average molecular weight is 267 g/mol. The second-order valence-corrected chi connectivity index (χ2v) is 6.22. The van der Waals surface area contributed by atoms with Gasteiger partial charge in [-0.25, -0.2) is 0 Å². The first-order valence-corrected chi connectivity index (χ1v) is 7.74. The Morgan fingerprint density at radius 1 is 1.28 bits per heavy atom. The third-order valence-corrected chi connectivity index (χ3v) is 4.17. The average Bonchev–Trinajstić information content (AvgIpc) is 2.40. The van der Waals surface area contributed by atoms with Crippen LogP contribution in [0.2, 0.25) is 0 Å². The summed E-state index contributed by atoms with van der Waals surface area (Å²) in [4.78, 5) is 0. The minimum absolute atomic E-state index is 0.249. The molecule has 1 aromatic carbocycles. The minimum atomic E-state index is 0.249. The van der Waals surface area contributed by atoms with Crippen LogP contribution in [0.1, 0.15) is 37.4 Å². The summed E-state index contributed by atoms with van der Waals surface area (Å²) in [7, 11) is 0. The van der Waals surface area contributed by atoms with E-state index < -0.39 is 0 Å². The maximum absolute atomic E-state index is 9.09. The largest absolute Gasteiger partial charge is 0.395 e. The van der Waals surface area contributed by atoms with Crippen molar-refractivity contribution in [2.75, 3.05) is 18.9 Å². The van der Waals surface area contributed by atoms with E-state index in [1.807, 2.05) is 11.8 Å². The normalized spacial score (nSPS) is 14.4. The van der Waals surface area contributed by atoms with Crippen molar-refractivity contribution in [3.8, 4) is 0 Å². The molecule has 102 valence electrons. The van der Waals surface area contributed by atoms with Gasteiger partial charge in [0.25, 0.3) is 0 Å². The Labute approximate surface area is 115 Å². The maximum Gasteiger partial charge on any atom is 0.0547 e. The first kappa shape index (κ1) is 15.5. The number of nitrogens with one attached hydrogen (secondary N) is 1. The van der Waals surface area contributed by atoms with Crippen molar-refractivity contribution in [1.29, 1.82) is 0 Å². The van der Waals surface area contributed by atoms with Gasteiger partial charge in [-0.2, -0.15) is 11.8 Å². The van der Waals surface area contributed by atoms with Crippen LogP contribution in [-0.2, 0) is 0 Å². The number of hydrogen-bond acceptors (Lipinski definition) is 3. The molecule has 0 radical (unpaired) electrons. The summed E-state index contributed by atoms with van der Waals surface area (Å²) in [5.74, 6) is 1.00. The van der Waals surface area contributed by atoms with Crippen LogP contribution in [0.25, 0.3) is 0 Å². The molecule has 2 unspecified atom stereocenters. The van der Waals surface area contributed by atoms with E-state index in [1.165, 1.54) is 11.1 Å². The molecule has 0 saturated carbocycles. The molecule has 0 aliphatic rings. The Balaban J connectivity index is 2.62. The summed E-state index contributed by atoms with van der Waals surface area (Å²) in [5, 5.41) is 13.0. The zero-order chi connectivity index (χ0) is 13.4. The second kappa shape index (κ2) is 8.57. The van der Waals surface area contributed by atoms with Crippen LogP contribution in [0.3, 0.4) is 0 Å². The number of thioether (sulfide) groups is 1. The van der Waals surface area contributed by atoms with E-state index in [4.69, 9.17) is 5.11 Å². The molecule has 2 N–H and O–H groups in total. The van der Waals surface area contributed by atoms with Gasteiger partial charge in [0.2, 0.25) is 0 Å². The van der Waals surface area contributed by atoms with Gasteiger partial charge in [-0.15, -0.1) is 0 Å². The number of aliphatic hydroxyl groups excluding tert-OH is 1. The first-order valence-electron chi connectivity index (χ1n) is 6.69. The van der Waals surface area contributed by atoms with E-state index in [2.05, 4.69) is 50.4 Å². The molecular weight excluding hydrogens is 242 g/mol. The van der Waals surface area contributed by atoms with Crippen molar-refractivity contribution in [3.05, 3.63) is 35.4 Å². The number of aryl methyl sites for hydroxylation is 1. The molecule has 2 atom stereocenters. The first-order chi connectivity index (χ1) is 8.67. The van der Waals surface area contributed by atoms with E-state index >= 15 is 0 Å². The number of hydrogen-bond donors (Lipinski definition) is 2. The van der Waals surface area contributed by atoms with E-state index in [0.717, 1.165) is 18.7 Å². The molecule has 3 heteroatoms. The van der Waals surface area contributed by atoms with Gasteiger partial charge in [-0.05, 0) is 25.5 Å². The maximum atomic E-state index is 9.09. The van der Waals surface area contributed by atoms with Crippen molar-refractivity contribution < 1.29 is 5.11 Å². The highest BCUT2D eigenvalue weighted by atomic mass is 32.2. The van der Waals surface area contributed by atoms with Crippen LogP contribution in [0.15, 0.2) is 24.3 Å². The van der Waals surface area contributed by atoms with Gasteiger partial charge >= 0.3 is 0 Å². The molecule has 1 aromatic rings. The topological polar surface area (TPSA) is 32.3 Å². The van der Waals surface area contributed by atoms with Crippen molar-refractivity contribution >= 4 is 11.8 Å². The highest BCUT2D eigenvalue weighted by Crippen LogP contribution is 2.21. The molecule has 0 amide bonds. The summed E-state index contributed by atoms with van der Waals surface area (Å²) >= 11 is 1.82. The third-order valence-electron chi connectivity index (χ3n) is 2.92. The van der Waals surface area contributed by atoms with Gasteiger partial charge in [-0.1, -0.05) is 43.7 Å². The molecule has 0 aromatic heterocycles. The van der Waals surface area contributed by atoms with Gasteiger partial charge in [0.05, 0.1) is 6.61 Å². The lowest BCUT2D eigenvalue weighted by Crippen LogP contribution is -2.25. The lowest BCUT2D eigenvalue weighted by atomic mass is 10.1. The summed E-state index contributed by atoms with van der Waals surface area (Å²) in [5.41, 5.74) is 2.64. The van der Waals surface area contributed by atoms with Crippen molar-refractivity contribution in [2.45, 2.75) is 38.5 Å². The van der Waals surface area contributed by atoms with Crippen LogP contribution >= 0.6 is 11.8 Å². The van der Waals surface area contributed by atoms with E-state index in [0.29, 0.717) is 11.3 Å². The monoisotopic (exact) mass is 267 g/mol. The van der Waals surface area contributed by atoms with Crippen LogP contribution in [-0.4, -0.2) is 29.3 Å². The highest BCUT2D eigenvalue weighted by Gasteiger charge is 2.12. The van der Waals surface area contributed by atoms with Crippen molar-refractivity contribution in [2.24, 2.45) is 0 Å². The van der Waals surface area contributed by atoms with Gasteiger partial charge in [0.15, 0.2) is 0 Å². The Kier molecular flexibility index (Phi) is 7.40. The van der Waals surface area contributed by atoms with Gasteiger partial charge < -0.3 is 10.4 Å². The Morgan fingerprint density at radius 3 is 2.50 bits per heavy atom. The summed E-state index contributed by atoms with van der Waals surface area (Å²) in [6.45, 7) is 7.64. The van der Waals surface area contributed by atoms with Crippen LogP contribution in [0.4, 0.5) is 0 Å².